The molecular formula is C17H11NO. The Bertz CT molecular complexity index is 843. The maximum absolute atomic E-state index is 5.84. The predicted octanol–water partition coefficient (Wildman–Crippen LogP) is 4.65. The van der Waals surface area contributed by atoms with Crippen LogP contribution >= 0.6 is 0 Å². The van der Waals surface area contributed by atoms with E-state index in [0.717, 1.165) is 33.3 Å². The monoisotopic (exact) mass is 245 g/mol. The Kier molecular flexibility index (Phi) is 2.15. The standard InChI is InChI=1S/C17H11NO/c1-3-7-14-12(5-1)9-10-15(18-14)17-11-13-6-2-4-8-16(13)19-17/h1-11H. The molecule has 0 aliphatic heterocycles. The third kappa shape index (κ3) is 1.69. The highest BCUT2D eigenvalue weighted by Gasteiger charge is 2.07. The SMILES string of the molecule is c1ccc2nc(-c3cc4ccccc4o3)ccc2c1. The first-order valence-corrected chi connectivity index (χ1v) is 6.25. The number of rotatable bonds is 1. The zero-order valence-electron chi connectivity index (χ0n) is 10.2. The van der Waals surface area contributed by atoms with E-state index < -0.39 is 0 Å². The summed E-state index contributed by atoms with van der Waals surface area (Å²) in [7, 11) is 0. The molecule has 19 heavy (non-hydrogen) atoms. The molecule has 0 saturated carbocycles. The summed E-state index contributed by atoms with van der Waals surface area (Å²) in [6.45, 7) is 0. The van der Waals surface area contributed by atoms with E-state index in [0.29, 0.717) is 0 Å². The predicted molar refractivity (Wildman–Crippen MR) is 77.0 cm³/mol. The number of nitrogens with zero attached hydrogens (tertiary/aromatic N) is 1. The van der Waals surface area contributed by atoms with E-state index in [-0.39, 0.29) is 0 Å². The molecule has 2 aromatic carbocycles. The lowest BCUT2D eigenvalue weighted by Crippen LogP contribution is -1.82. The average molecular weight is 245 g/mol. The quantitative estimate of drug-likeness (QED) is 0.488. The minimum Gasteiger partial charge on any atom is -0.454 e. The molecule has 0 fully saturated rings. The maximum atomic E-state index is 5.84. The van der Waals surface area contributed by atoms with Crippen LogP contribution < -0.4 is 0 Å². The Morgan fingerprint density at radius 1 is 0.737 bits per heavy atom. The fourth-order valence-electron chi connectivity index (χ4n) is 2.31. The van der Waals surface area contributed by atoms with Crippen molar-refractivity contribution in [2.24, 2.45) is 0 Å². The fraction of sp³-hybridized carbons (Fsp3) is 0. The van der Waals surface area contributed by atoms with Crippen molar-refractivity contribution in [3.63, 3.8) is 0 Å². The summed E-state index contributed by atoms with van der Waals surface area (Å²) in [4.78, 5) is 4.65. The normalized spacial score (nSPS) is 11.2. The molecule has 0 atom stereocenters. The van der Waals surface area contributed by atoms with E-state index >= 15 is 0 Å². The van der Waals surface area contributed by atoms with Gasteiger partial charge in [0.25, 0.3) is 0 Å². The Hall–Kier alpha value is -2.61. The number of aromatic nitrogens is 1. The minimum absolute atomic E-state index is 0.812. The number of pyridine rings is 1. The molecule has 2 nitrogen and oxygen atoms in total. The van der Waals surface area contributed by atoms with Gasteiger partial charge in [-0.3, -0.25) is 0 Å². The summed E-state index contributed by atoms with van der Waals surface area (Å²) in [6.07, 6.45) is 0. The van der Waals surface area contributed by atoms with Crippen LogP contribution in [0.5, 0.6) is 0 Å². The highest BCUT2D eigenvalue weighted by Crippen LogP contribution is 2.27. The summed E-state index contributed by atoms with van der Waals surface area (Å²) in [6, 6.07) is 22.2. The Morgan fingerprint density at radius 3 is 2.42 bits per heavy atom. The van der Waals surface area contributed by atoms with Gasteiger partial charge in [-0.1, -0.05) is 42.5 Å². The van der Waals surface area contributed by atoms with E-state index in [9.17, 15) is 0 Å². The van der Waals surface area contributed by atoms with Crippen molar-refractivity contribution >= 4 is 21.9 Å². The molecule has 4 rings (SSSR count). The fourth-order valence-corrected chi connectivity index (χ4v) is 2.31. The van der Waals surface area contributed by atoms with Gasteiger partial charge in [0, 0.05) is 10.8 Å². The third-order valence-corrected chi connectivity index (χ3v) is 3.28. The molecule has 0 saturated heterocycles. The summed E-state index contributed by atoms with van der Waals surface area (Å²) < 4.78 is 5.84. The van der Waals surface area contributed by atoms with E-state index in [2.05, 4.69) is 17.1 Å². The second-order valence-corrected chi connectivity index (χ2v) is 4.54. The third-order valence-electron chi connectivity index (χ3n) is 3.28. The molecule has 0 unspecified atom stereocenters. The largest absolute Gasteiger partial charge is 0.454 e. The second kappa shape index (κ2) is 3.95. The number of para-hydroxylation sites is 2. The lowest BCUT2D eigenvalue weighted by molar-refractivity contribution is 0.629. The van der Waals surface area contributed by atoms with Crippen molar-refractivity contribution in [1.29, 1.82) is 0 Å². The van der Waals surface area contributed by atoms with Gasteiger partial charge in [0.1, 0.15) is 11.3 Å². The molecule has 0 N–H and O–H groups in total. The van der Waals surface area contributed by atoms with E-state index in [4.69, 9.17) is 4.42 Å². The second-order valence-electron chi connectivity index (χ2n) is 4.54. The highest BCUT2D eigenvalue weighted by atomic mass is 16.3. The molecule has 0 radical (unpaired) electrons. The van der Waals surface area contributed by atoms with Crippen LogP contribution in [0, 0.1) is 0 Å². The first kappa shape index (κ1) is 10.3. The first-order valence-electron chi connectivity index (χ1n) is 6.25. The molecule has 0 amide bonds. The molecular weight excluding hydrogens is 234 g/mol. The molecule has 0 aliphatic rings. The smallest absolute Gasteiger partial charge is 0.153 e. The summed E-state index contributed by atoms with van der Waals surface area (Å²) in [5, 5.41) is 2.25. The highest BCUT2D eigenvalue weighted by molar-refractivity contribution is 5.84. The van der Waals surface area contributed by atoms with Gasteiger partial charge >= 0.3 is 0 Å². The van der Waals surface area contributed by atoms with Gasteiger partial charge in [0.05, 0.1) is 5.52 Å². The number of hydrogen-bond acceptors (Lipinski definition) is 2. The van der Waals surface area contributed by atoms with Crippen LogP contribution in [-0.2, 0) is 0 Å². The van der Waals surface area contributed by atoms with Gasteiger partial charge in [-0.05, 0) is 24.3 Å². The lowest BCUT2D eigenvalue weighted by Gasteiger charge is -1.99. The van der Waals surface area contributed by atoms with Crippen LogP contribution in [0.3, 0.4) is 0 Å². The van der Waals surface area contributed by atoms with Crippen LogP contribution in [-0.4, -0.2) is 4.98 Å². The van der Waals surface area contributed by atoms with Gasteiger partial charge in [-0.25, -0.2) is 4.98 Å². The van der Waals surface area contributed by atoms with Crippen LogP contribution in [0.4, 0.5) is 0 Å². The molecule has 4 aromatic rings. The average Bonchev–Trinajstić information content (AvgIpc) is 2.90. The minimum atomic E-state index is 0.812. The Balaban J connectivity index is 1.93. The zero-order chi connectivity index (χ0) is 12.7. The van der Waals surface area contributed by atoms with Crippen LogP contribution in [0.15, 0.2) is 71.1 Å². The van der Waals surface area contributed by atoms with Crippen molar-refractivity contribution in [2.75, 3.05) is 0 Å². The van der Waals surface area contributed by atoms with E-state index in [1.165, 1.54) is 0 Å². The summed E-state index contributed by atoms with van der Waals surface area (Å²) in [5.74, 6) is 0.812. The number of fused-ring (bicyclic) bond motifs is 2. The van der Waals surface area contributed by atoms with Gasteiger partial charge < -0.3 is 4.42 Å². The number of hydrogen-bond donors (Lipinski definition) is 0. The molecule has 0 bridgehead atoms. The van der Waals surface area contributed by atoms with Crippen LogP contribution in [0.25, 0.3) is 33.3 Å². The molecule has 2 heteroatoms. The molecule has 90 valence electrons. The zero-order valence-corrected chi connectivity index (χ0v) is 10.2. The first-order chi connectivity index (χ1) is 9.40. The maximum Gasteiger partial charge on any atom is 0.153 e. The molecule has 0 spiro atoms. The summed E-state index contributed by atoms with van der Waals surface area (Å²) in [5.41, 5.74) is 2.75. The van der Waals surface area contributed by atoms with Crippen molar-refractivity contribution in [1.82, 2.24) is 4.98 Å². The van der Waals surface area contributed by atoms with Gasteiger partial charge in [-0.2, -0.15) is 0 Å². The molecule has 2 aromatic heterocycles. The van der Waals surface area contributed by atoms with Crippen molar-refractivity contribution in [3.8, 4) is 11.5 Å². The molecule has 0 aliphatic carbocycles. The van der Waals surface area contributed by atoms with Crippen molar-refractivity contribution in [3.05, 3.63) is 66.7 Å². The Morgan fingerprint density at radius 2 is 1.53 bits per heavy atom. The van der Waals surface area contributed by atoms with Gasteiger partial charge in [-0.15, -0.1) is 0 Å². The molecule has 2 heterocycles. The van der Waals surface area contributed by atoms with Crippen LogP contribution in [0.1, 0.15) is 0 Å². The van der Waals surface area contributed by atoms with E-state index in [1.54, 1.807) is 0 Å². The Labute approximate surface area is 110 Å². The number of benzene rings is 2. The number of furan rings is 1. The summed E-state index contributed by atoms with van der Waals surface area (Å²) >= 11 is 0. The topological polar surface area (TPSA) is 26.0 Å². The van der Waals surface area contributed by atoms with Crippen LogP contribution in [0.2, 0.25) is 0 Å². The van der Waals surface area contributed by atoms with Gasteiger partial charge in [0.2, 0.25) is 0 Å². The van der Waals surface area contributed by atoms with E-state index in [1.807, 2.05) is 54.6 Å². The van der Waals surface area contributed by atoms with Gasteiger partial charge in [0.15, 0.2) is 5.76 Å². The van der Waals surface area contributed by atoms with Crippen molar-refractivity contribution in [2.45, 2.75) is 0 Å². The van der Waals surface area contributed by atoms with Crippen molar-refractivity contribution < 1.29 is 4.42 Å². The lowest BCUT2D eigenvalue weighted by atomic mass is 10.2.